The summed E-state index contributed by atoms with van der Waals surface area (Å²) in [4.78, 5) is 24.5. The van der Waals surface area contributed by atoms with Gasteiger partial charge in [0.1, 0.15) is 6.04 Å². The quantitative estimate of drug-likeness (QED) is 0.872. The summed E-state index contributed by atoms with van der Waals surface area (Å²) in [5.41, 5.74) is 3.47. The lowest BCUT2D eigenvalue weighted by Crippen LogP contribution is -2.44. The smallest absolute Gasteiger partial charge is 0.326 e. The summed E-state index contributed by atoms with van der Waals surface area (Å²) in [5, 5.41) is 12.3. The third-order valence-electron chi connectivity index (χ3n) is 5.91. The van der Waals surface area contributed by atoms with Crippen molar-refractivity contribution in [3.05, 3.63) is 71.3 Å². The summed E-state index contributed by atoms with van der Waals surface area (Å²) in [5.74, 6) is -1.22. The fourth-order valence-corrected chi connectivity index (χ4v) is 4.50. The van der Waals surface area contributed by atoms with E-state index >= 15 is 0 Å². The molecule has 0 radical (unpaired) electrons. The van der Waals surface area contributed by atoms with Gasteiger partial charge in [-0.2, -0.15) is 0 Å². The van der Waals surface area contributed by atoms with Gasteiger partial charge in [-0.05, 0) is 42.4 Å². The minimum absolute atomic E-state index is 0.0747. The molecule has 2 unspecified atom stereocenters. The number of amides is 1. The molecule has 4 heteroatoms. The molecule has 2 aliphatic carbocycles. The molecule has 1 spiro atoms. The molecule has 4 rings (SSSR count). The average molecular weight is 349 g/mol. The van der Waals surface area contributed by atoms with Crippen molar-refractivity contribution in [1.82, 2.24) is 5.32 Å². The molecule has 0 heterocycles. The number of nitrogens with one attached hydrogen (secondary N) is 1. The van der Waals surface area contributed by atoms with E-state index in [1.54, 1.807) is 0 Å². The van der Waals surface area contributed by atoms with Gasteiger partial charge in [-0.15, -0.1) is 0 Å². The minimum atomic E-state index is -0.985. The highest BCUT2D eigenvalue weighted by molar-refractivity contribution is 5.89. The molecule has 1 fully saturated rings. The standard InChI is InChI=1S/C22H23NO3/c24-20(23-19(21(25)26)13-15-7-2-1-3-8-15)18-14-22(18)12-6-10-16-9-4-5-11-17(16)22/h1-5,7-9,11,18-19H,6,10,12-14H2,(H,23,24)(H,25,26)/t18?,19-,22?/m1/s1. The van der Waals surface area contributed by atoms with Crippen LogP contribution in [0.2, 0.25) is 0 Å². The molecule has 0 aromatic heterocycles. The minimum Gasteiger partial charge on any atom is -0.480 e. The molecular weight excluding hydrogens is 326 g/mol. The van der Waals surface area contributed by atoms with Crippen molar-refractivity contribution in [1.29, 1.82) is 0 Å². The predicted octanol–water partition coefficient (Wildman–Crippen LogP) is 3.09. The highest BCUT2D eigenvalue weighted by Crippen LogP contribution is 2.60. The Morgan fingerprint density at radius 2 is 1.85 bits per heavy atom. The first-order chi connectivity index (χ1) is 12.6. The van der Waals surface area contributed by atoms with Crippen LogP contribution in [0.3, 0.4) is 0 Å². The zero-order valence-electron chi connectivity index (χ0n) is 14.7. The third-order valence-corrected chi connectivity index (χ3v) is 5.91. The van der Waals surface area contributed by atoms with Crippen LogP contribution in [0.15, 0.2) is 54.6 Å². The number of carbonyl (C=O) groups is 2. The maximum absolute atomic E-state index is 12.8. The lowest BCUT2D eigenvalue weighted by Gasteiger charge is -2.26. The van der Waals surface area contributed by atoms with Gasteiger partial charge in [0.2, 0.25) is 5.91 Å². The molecule has 134 valence electrons. The Hall–Kier alpha value is -2.62. The molecule has 4 nitrogen and oxygen atoms in total. The number of benzene rings is 2. The zero-order valence-corrected chi connectivity index (χ0v) is 14.7. The van der Waals surface area contributed by atoms with Crippen LogP contribution in [0, 0.1) is 5.92 Å². The molecule has 0 bridgehead atoms. The Labute approximate surface area is 153 Å². The number of fused-ring (bicyclic) bond motifs is 2. The van der Waals surface area contributed by atoms with Gasteiger partial charge >= 0.3 is 5.97 Å². The molecule has 1 saturated carbocycles. The van der Waals surface area contributed by atoms with Crippen LogP contribution in [-0.2, 0) is 27.8 Å². The summed E-state index contributed by atoms with van der Waals surface area (Å²) < 4.78 is 0. The number of carboxylic acids is 1. The van der Waals surface area contributed by atoms with E-state index < -0.39 is 12.0 Å². The largest absolute Gasteiger partial charge is 0.480 e. The molecule has 1 amide bonds. The van der Waals surface area contributed by atoms with E-state index in [4.69, 9.17) is 0 Å². The van der Waals surface area contributed by atoms with Crippen molar-refractivity contribution in [3.63, 3.8) is 0 Å². The van der Waals surface area contributed by atoms with Crippen LogP contribution in [-0.4, -0.2) is 23.0 Å². The summed E-state index contributed by atoms with van der Waals surface area (Å²) in [6.07, 6.45) is 4.30. The second-order valence-electron chi connectivity index (χ2n) is 7.51. The molecule has 0 saturated heterocycles. The topological polar surface area (TPSA) is 66.4 Å². The highest BCUT2D eigenvalue weighted by atomic mass is 16.4. The van der Waals surface area contributed by atoms with Crippen LogP contribution in [0.4, 0.5) is 0 Å². The Bertz CT molecular complexity index is 832. The molecule has 3 atom stereocenters. The predicted molar refractivity (Wildman–Crippen MR) is 98.9 cm³/mol. The second-order valence-corrected chi connectivity index (χ2v) is 7.51. The molecule has 2 N–H and O–H groups in total. The van der Waals surface area contributed by atoms with E-state index in [1.165, 1.54) is 11.1 Å². The molecule has 2 aromatic rings. The number of hydrogen-bond acceptors (Lipinski definition) is 2. The first-order valence-electron chi connectivity index (χ1n) is 9.26. The van der Waals surface area contributed by atoms with Crippen molar-refractivity contribution in [2.45, 2.75) is 43.6 Å². The van der Waals surface area contributed by atoms with E-state index in [2.05, 4.69) is 23.5 Å². The van der Waals surface area contributed by atoms with E-state index in [-0.39, 0.29) is 17.2 Å². The zero-order chi connectivity index (χ0) is 18.1. The normalized spacial score (nSPS) is 24.5. The van der Waals surface area contributed by atoms with Crippen molar-refractivity contribution in [2.24, 2.45) is 5.92 Å². The Morgan fingerprint density at radius 1 is 1.12 bits per heavy atom. The number of aryl methyl sites for hydroxylation is 1. The van der Waals surface area contributed by atoms with E-state index in [0.29, 0.717) is 6.42 Å². The van der Waals surface area contributed by atoms with Gasteiger partial charge in [0.25, 0.3) is 0 Å². The lowest BCUT2D eigenvalue weighted by molar-refractivity contribution is -0.142. The van der Waals surface area contributed by atoms with Gasteiger partial charge in [-0.25, -0.2) is 4.79 Å². The van der Waals surface area contributed by atoms with E-state index in [1.807, 2.05) is 36.4 Å². The van der Waals surface area contributed by atoms with Gasteiger partial charge in [0.05, 0.1) is 0 Å². The van der Waals surface area contributed by atoms with Crippen molar-refractivity contribution < 1.29 is 14.7 Å². The maximum Gasteiger partial charge on any atom is 0.326 e. The van der Waals surface area contributed by atoms with Gasteiger partial charge in [0, 0.05) is 17.8 Å². The van der Waals surface area contributed by atoms with Crippen LogP contribution < -0.4 is 5.32 Å². The second kappa shape index (κ2) is 6.60. The Balaban J connectivity index is 1.48. The van der Waals surface area contributed by atoms with Gasteiger partial charge in [-0.1, -0.05) is 54.6 Å². The van der Waals surface area contributed by atoms with Crippen LogP contribution in [0.5, 0.6) is 0 Å². The molecular formula is C22H23NO3. The first-order valence-corrected chi connectivity index (χ1v) is 9.26. The SMILES string of the molecule is O=C(N[C@H](Cc1ccccc1)C(=O)O)C1CC12CCCc1ccccc12. The molecule has 2 aliphatic rings. The Kier molecular flexibility index (Phi) is 4.27. The van der Waals surface area contributed by atoms with Crippen molar-refractivity contribution in [3.8, 4) is 0 Å². The lowest BCUT2D eigenvalue weighted by atomic mass is 9.78. The number of carboxylic acid groups (broad SMARTS) is 1. The van der Waals surface area contributed by atoms with Crippen molar-refractivity contribution >= 4 is 11.9 Å². The number of aliphatic carboxylic acids is 1. The average Bonchev–Trinajstić information content (AvgIpc) is 3.37. The van der Waals surface area contributed by atoms with Gasteiger partial charge in [0.15, 0.2) is 0 Å². The monoisotopic (exact) mass is 349 g/mol. The number of hydrogen-bond donors (Lipinski definition) is 2. The first kappa shape index (κ1) is 16.8. The summed E-state index contributed by atoms with van der Waals surface area (Å²) >= 11 is 0. The molecule has 26 heavy (non-hydrogen) atoms. The van der Waals surface area contributed by atoms with Crippen LogP contribution >= 0.6 is 0 Å². The summed E-state index contributed by atoms with van der Waals surface area (Å²) in [6.45, 7) is 0. The number of carbonyl (C=O) groups excluding carboxylic acids is 1. The van der Waals surface area contributed by atoms with E-state index in [0.717, 1.165) is 31.2 Å². The van der Waals surface area contributed by atoms with Crippen LogP contribution in [0.1, 0.15) is 36.0 Å². The fraction of sp³-hybridized carbons (Fsp3) is 0.364. The molecule has 2 aromatic carbocycles. The maximum atomic E-state index is 12.8. The highest BCUT2D eigenvalue weighted by Gasteiger charge is 2.60. The summed E-state index contributed by atoms with van der Waals surface area (Å²) in [7, 11) is 0. The van der Waals surface area contributed by atoms with E-state index in [9.17, 15) is 14.7 Å². The Morgan fingerprint density at radius 3 is 2.62 bits per heavy atom. The molecule has 0 aliphatic heterocycles. The fourth-order valence-electron chi connectivity index (χ4n) is 4.50. The van der Waals surface area contributed by atoms with Gasteiger partial charge < -0.3 is 10.4 Å². The third kappa shape index (κ3) is 3.00. The van der Waals surface area contributed by atoms with Gasteiger partial charge in [-0.3, -0.25) is 4.79 Å². The number of rotatable bonds is 5. The van der Waals surface area contributed by atoms with Crippen molar-refractivity contribution in [2.75, 3.05) is 0 Å². The summed E-state index contributed by atoms with van der Waals surface area (Å²) in [6, 6.07) is 16.9. The van der Waals surface area contributed by atoms with Crippen LogP contribution in [0.25, 0.3) is 0 Å².